The molecule has 0 aliphatic heterocycles. The SMILES string of the molecule is CC(C)n1c(S[C@@H](C)C#N)nc2sc3c(c2c1=O)CCC3. The van der Waals surface area contributed by atoms with Crippen molar-refractivity contribution in [2.24, 2.45) is 0 Å². The lowest BCUT2D eigenvalue weighted by atomic mass is 10.2. The molecule has 6 heteroatoms. The molecule has 1 atom stereocenters. The predicted octanol–water partition coefficient (Wildman–Crippen LogP) is 3.53. The number of hydrogen-bond donors (Lipinski definition) is 0. The molecule has 0 radical (unpaired) electrons. The zero-order chi connectivity index (χ0) is 15.1. The van der Waals surface area contributed by atoms with Crippen LogP contribution in [0.2, 0.25) is 0 Å². The number of aromatic nitrogens is 2. The van der Waals surface area contributed by atoms with E-state index in [1.807, 2.05) is 20.8 Å². The molecule has 0 bridgehead atoms. The Labute approximate surface area is 131 Å². The van der Waals surface area contributed by atoms with E-state index in [-0.39, 0.29) is 16.9 Å². The first-order chi connectivity index (χ1) is 10.0. The van der Waals surface area contributed by atoms with Crippen LogP contribution in [-0.4, -0.2) is 14.8 Å². The van der Waals surface area contributed by atoms with Gasteiger partial charge in [-0.1, -0.05) is 11.8 Å². The van der Waals surface area contributed by atoms with Gasteiger partial charge >= 0.3 is 0 Å². The summed E-state index contributed by atoms with van der Waals surface area (Å²) < 4.78 is 1.74. The lowest BCUT2D eigenvalue weighted by molar-refractivity contribution is 0.519. The average molecular weight is 319 g/mol. The number of rotatable bonds is 3. The lowest BCUT2D eigenvalue weighted by Gasteiger charge is -2.15. The van der Waals surface area contributed by atoms with E-state index in [1.54, 1.807) is 15.9 Å². The van der Waals surface area contributed by atoms with Crippen LogP contribution in [0.15, 0.2) is 9.95 Å². The topological polar surface area (TPSA) is 58.7 Å². The summed E-state index contributed by atoms with van der Waals surface area (Å²) in [4.78, 5) is 19.8. The maximum absolute atomic E-state index is 12.9. The van der Waals surface area contributed by atoms with E-state index in [0.717, 1.165) is 29.5 Å². The molecule has 0 unspecified atom stereocenters. The Kier molecular flexibility index (Phi) is 3.80. The summed E-state index contributed by atoms with van der Waals surface area (Å²) in [5.74, 6) is 0. The summed E-state index contributed by atoms with van der Waals surface area (Å²) in [6.45, 7) is 5.81. The van der Waals surface area contributed by atoms with Gasteiger partial charge in [0, 0.05) is 10.9 Å². The molecular formula is C15H17N3OS2. The highest BCUT2D eigenvalue weighted by molar-refractivity contribution is 8.00. The largest absolute Gasteiger partial charge is 0.284 e. The minimum atomic E-state index is -0.217. The first kappa shape index (κ1) is 14.6. The lowest BCUT2D eigenvalue weighted by Crippen LogP contribution is -2.25. The van der Waals surface area contributed by atoms with Crippen molar-refractivity contribution in [1.82, 2.24) is 9.55 Å². The summed E-state index contributed by atoms with van der Waals surface area (Å²) in [6, 6.07) is 2.24. The molecule has 0 spiro atoms. The quantitative estimate of drug-likeness (QED) is 0.641. The van der Waals surface area contributed by atoms with Gasteiger partial charge in [0.15, 0.2) is 5.16 Å². The molecule has 2 heterocycles. The van der Waals surface area contributed by atoms with Gasteiger partial charge in [0.25, 0.3) is 5.56 Å². The average Bonchev–Trinajstić information content (AvgIpc) is 2.97. The van der Waals surface area contributed by atoms with Gasteiger partial charge in [-0.25, -0.2) is 4.98 Å². The minimum Gasteiger partial charge on any atom is -0.284 e. The number of thioether (sulfide) groups is 1. The van der Waals surface area contributed by atoms with Crippen molar-refractivity contribution < 1.29 is 0 Å². The van der Waals surface area contributed by atoms with Crippen molar-refractivity contribution in [3.8, 4) is 6.07 Å². The first-order valence-electron chi connectivity index (χ1n) is 7.16. The van der Waals surface area contributed by atoms with Crippen molar-refractivity contribution >= 4 is 33.3 Å². The van der Waals surface area contributed by atoms with Gasteiger partial charge in [-0.05, 0) is 45.6 Å². The fraction of sp³-hybridized carbons (Fsp3) is 0.533. The van der Waals surface area contributed by atoms with E-state index >= 15 is 0 Å². The van der Waals surface area contributed by atoms with Crippen LogP contribution in [0.25, 0.3) is 10.2 Å². The predicted molar refractivity (Wildman–Crippen MR) is 87.2 cm³/mol. The van der Waals surface area contributed by atoms with Crippen LogP contribution in [0.3, 0.4) is 0 Å². The molecule has 21 heavy (non-hydrogen) atoms. The van der Waals surface area contributed by atoms with E-state index in [4.69, 9.17) is 10.2 Å². The fourth-order valence-corrected chi connectivity index (χ4v) is 4.99. The number of thiophene rings is 1. The van der Waals surface area contributed by atoms with Crippen molar-refractivity contribution in [2.45, 2.75) is 56.5 Å². The highest BCUT2D eigenvalue weighted by Crippen LogP contribution is 2.36. The monoisotopic (exact) mass is 319 g/mol. The molecule has 2 aromatic rings. The molecule has 0 N–H and O–H groups in total. The fourth-order valence-electron chi connectivity index (χ4n) is 2.76. The number of hydrogen-bond acceptors (Lipinski definition) is 5. The van der Waals surface area contributed by atoms with Crippen molar-refractivity contribution in [1.29, 1.82) is 5.26 Å². The Morgan fingerprint density at radius 2 is 2.14 bits per heavy atom. The maximum atomic E-state index is 12.9. The molecule has 0 fully saturated rings. The van der Waals surface area contributed by atoms with Crippen LogP contribution >= 0.6 is 23.1 Å². The third-order valence-corrected chi connectivity index (χ3v) is 5.86. The Bertz CT molecular complexity index is 798. The van der Waals surface area contributed by atoms with Gasteiger partial charge in [0.2, 0.25) is 0 Å². The van der Waals surface area contributed by atoms with Crippen molar-refractivity contribution in [2.75, 3.05) is 0 Å². The molecule has 0 saturated carbocycles. The number of fused-ring (bicyclic) bond motifs is 3. The normalized spacial score (nSPS) is 15.4. The van der Waals surface area contributed by atoms with Gasteiger partial charge in [-0.2, -0.15) is 5.26 Å². The van der Waals surface area contributed by atoms with E-state index in [1.165, 1.54) is 22.2 Å². The zero-order valence-electron chi connectivity index (χ0n) is 12.3. The summed E-state index contributed by atoms with van der Waals surface area (Å²) >= 11 is 3.01. The van der Waals surface area contributed by atoms with Crippen LogP contribution in [0.5, 0.6) is 0 Å². The molecule has 1 aliphatic rings. The second-order valence-electron chi connectivity index (χ2n) is 5.59. The van der Waals surface area contributed by atoms with Gasteiger partial charge in [0.05, 0.1) is 16.7 Å². The molecule has 0 saturated heterocycles. The third-order valence-electron chi connectivity index (χ3n) is 3.72. The highest BCUT2D eigenvalue weighted by Gasteiger charge is 2.24. The van der Waals surface area contributed by atoms with Gasteiger partial charge < -0.3 is 0 Å². The molecule has 4 nitrogen and oxygen atoms in total. The zero-order valence-corrected chi connectivity index (χ0v) is 14.0. The Morgan fingerprint density at radius 1 is 1.38 bits per heavy atom. The Morgan fingerprint density at radius 3 is 2.81 bits per heavy atom. The molecule has 0 aromatic carbocycles. The molecule has 1 aliphatic carbocycles. The van der Waals surface area contributed by atoms with E-state index in [2.05, 4.69) is 6.07 Å². The summed E-state index contributed by atoms with van der Waals surface area (Å²) in [6.07, 6.45) is 3.19. The Hall–Kier alpha value is -1.32. The van der Waals surface area contributed by atoms with E-state index in [0.29, 0.717) is 5.16 Å². The minimum absolute atomic E-state index is 0.0414. The number of aryl methyl sites for hydroxylation is 2. The molecule has 3 rings (SSSR count). The number of nitrogens with zero attached hydrogens (tertiary/aromatic N) is 3. The van der Waals surface area contributed by atoms with E-state index < -0.39 is 0 Å². The van der Waals surface area contributed by atoms with Gasteiger partial charge in [-0.3, -0.25) is 9.36 Å². The highest BCUT2D eigenvalue weighted by atomic mass is 32.2. The van der Waals surface area contributed by atoms with Gasteiger partial charge in [-0.15, -0.1) is 11.3 Å². The van der Waals surface area contributed by atoms with Crippen LogP contribution < -0.4 is 5.56 Å². The van der Waals surface area contributed by atoms with Crippen molar-refractivity contribution in [3.05, 3.63) is 20.8 Å². The summed E-state index contributed by atoms with van der Waals surface area (Å²) in [5, 5.41) is 10.3. The molecular weight excluding hydrogens is 302 g/mol. The van der Waals surface area contributed by atoms with Crippen molar-refractivity contribution in [3.63, 3.8) is 0 Å². The second kappa shape index (κ2) is 5.47. The van der Waals surface area contributed by atoms with Crippen LogP contribution in [-0.2, 0) is 12.8 Å². The van der Waals surface area contributed by atoms with Gasteiger partial charge in [0.1, 0.15) is 4.83 Å². The first-order valence-corrected chi connectivity index (χ1v) is 8.85. The molecule has 110 valence electrons. The Balaban J connectivity index is 2.27. The molecule has 2 aromatic heterocycles. The van der Waals surface area contributed by atoms with Crippen LogP contribution in [0, 0.1) is 11.3 Å². The maximum Gasteiger partial charge on any atom is 0.263 e. The van der Waals surface area contributed by atoms with Crippen LogP contribution in [0.4, 0.5) is 0 Å². The smallest absolute Gasteiger partial charge is 0.263 e. The third kappa shape index (κ3) is 2.39. The summed E-state index contributed by atoms with van der Waals surface area (Å²) in [7, 11) is 0. The van der Waals surface area contributed by atoms with Crippen LogP contribution in [0.1, 0.15) is 43.7 Å². The second-order valence-corrected chi connectivity index (χ2v) is 7.98. The van der Waals surface area contributed by atoms with E-state index in [9.17, 15) is 4.79 Å². The number of nitriles is 1. The molecule has 0 amide bonds. The standard InChI is InChI=1S/C15H17N3OS2/c1-8(2)18-14(19)12-10-5-4-6-11(10)21-13(12)17-15(18)20-9(3)7-16/h8-9H,4-6H2,1-3H3/t9-/m0/s1. The summed E-state index contributed by atoms with van der Waals surface area (Å²) in [5.41, 5.74) is 1.27.